The molecule has 0 aliphatic heterocycles. The van der Waals surface area contributed by atoms with Crippen molar-refractivity contribution < 1.29 is 42.0 Å². The van der Waals surface area contributed by atoms with Crippen LogP contribution in [0.1, 0.15) is 226 Å². The molecule has 0 spiro atoms. The molecule has 0 saturated carbocycles. The summed E-state index contributed by atoms with van der Waals surface area (Å²) in [5.74, 6) is -1.81. The minimum atomic E-state index is -0.903. The van der Waals surface area contributed by atoms with E-state index in [4.69, 9.17) is 5.11 Å². The van der Waals surface area contributed by atoms with Gasteiger partial charge in [0.1, 0.15) is 0 Å². The van der Waals surface area contributed by atoms with Gasteiger partial charge >= 0.3 is 17.1 Å². The number of carbonyl (C=O) groups is 2. The summed E-state index contributed by atoms with van der Waals surface area (Å²) in [5, 5.41) is 28.0. The third-order valence-corrected chi connectivity index (χ3v) is 7.97. The summed E-state index contributed by atoms with van der Waals surface area (Å²) in [7, 11) is 0. The number of aliphatic hydroxyl groups excluding tert-OH is 1. The first-order valence-corrected chi connectivity index (χ1v) is 19.0. The SMILES string of the molecule is CCCCCCCCCCCCCCCCCC(=O)[O-].CCCCCCCCCCCCCCCCCC(=O)[O-].CCO.[Cu+2]. The third kappa shape index (κ3) is 60.6. The van der Waals surface area contributed by atoms with Gasteiger partial charge in [-0.05, 0) is 32.6 Å². The Balaban J connectivity index is -0.000000326. The van der Waals surface area contributed by atoms with Crippen molar-refractivity contribution in [2.45, 2.75) is 226 Å². The monoisotopic (exact) mass is 675 g/mol. The normalized spacial score (nSPS) is 10.3. The predicted octanol–water partition coefficient (Wildman–Crippen LogP) is 9.99. The van der Waals surface area contributed by atoms with Crippen LogP contribution in [-0.2, 0) is 26.7 Å². The van der Waals surface area contributed by atoms with Crippen molar-refractivity contribution in [2.24, 2.45) is 0 Å². The van der Waals surface area contributed by atoms with E-state index in [0.29, 0.717) is 0 Å². The molecule has 0 atom stereocenters. The Morgan fingerprint density at radius 3 is 0.636 bits per heavy atom. The van der Waals surface area contributed by atoms with E-state index < -0.39 is 11.9 Å². The Bertz CT molecular complexity index is 471. The van der Waals surface area contributed by atoms with Gasteiger partial charge in [0.15, 0.2) is 0 Å². The van der Waals surface area contributed by atoms with E-state index >= 15 is 0 Å². The summed E-state index contributed by atoms with van der Waals surface area (Å²) in [6, 6.07) is 0. The molecule has 0 aliphatic carbocycles. The van der Waals surface area contributed by atoms with Crippen LogP contribution in [0.4, 0.5) is 0 Å². The first-order valence-electron chi connectivity index (χ1n) is 19.0. The van der Waals surface area contributed by atoms with Crippen molar-refractivity contribution in [3.8, 4) is 0 Å². The van der Waals surface area contributed by atoms with Gasteiger partial charge in [-0.1, -0.05) is 194 Å². The molecular weight excluding hydrogens is 600 g/mol. The van der Waals surface area contributed by atoms with Crippen LogP contribution in [0.15, 0.2) is 0 Å². The van der Waals surface area contributed by atoms with E-state index in [1.54, 1.807) is 6.92 Å². The first-order chi connectivity index (χ1) is 21.0. The van der Waals surface area contributed by atoms with Crippen molar-refractivity contribution in [3.05, 3.63) is 0 Å². The Labute approximate surface area is 286 Å². The molecular formula is C38H76CuO5. The van der Waals surface area contributed by atoms with Gasteiger partial charge < -0.3 is 24.9 Å². The minimum Gasteiger partial charge on any atom is -0.550 e. The van der Waals surface area contributed by atoms with E-state index in [-0.39, 0.29) is 36.5 Å². The largest absolute Gasteiger partial charge is 2.00 e. The van der Waals surface area contributed by atoms with Crippen molar-refractivity contribution in [1.29, 1.82) is 0 Å². The molecule has 269 valence electrons. The number of carbonyl (C=O) groups excluding carboxylic acids is 2. The van der Waals surface area contributed by atoms with Gasteiger partial charge in [0.25, 0.3) is 0 Å². The maximum absolute atomic E-state index is 10.2. The van der Waals surface area contributed by atoms with E-state index in [0.717, 1.165) is 25.7 Å². The molecule has 6 heteroatoms. The average molecular weight is 677 g/mol. The van der Waals surface area contributed by atoms with Crippen molar-refractivity contribution in [1.82, 2.24) is 0 Å². The zero-order valence-electron chi connectivity index (χ0n) is 29.7. The molecule has 0 aromatic rings. The Kier molecular flexibility index (Phi) is 56.3. The standard InChI is InChI=1S/2C18H36O2.C2H6O.Cu/c2*1-2-3-4-5-6-7-8-9-10-11-12-13-14-15-16-17-18(19)20;1-2-3;/h2*2-17H2,1H3,(H,19,20);3H,2H2,1H3;/q;;;+2/p-2. The maximum atomic E-state index is 10.2. The molecule has 1 N–H and O–H groups in total. The predicted molar refractivity (Wildman–Crippen MR) is 182 cm³/mol. The number of aliphatic carboxylic acids is 2. The van der Waals surface area contributed by atoms with Crippen LogP contribution >= 0.6 is 0 Å². The van der Waals surface area contributed by atoms with Gasteiger partial charge in [-0.25, -0.2) is 0 Å². The molecule has 0 amide bonds. The summed E-state index contributed by atoms with van der Waals surface area (Å²) < 4.78 is 0. The fraction of sp³-hybridized carbons (Fsp3) is 0.947. The quantitative estimate of drug-likeness (QED) is 0.0565. The zero-order chi connectivity index (χ0) is 32.5. The van der Waals surface area contributed by atoms with E-state index in [1.165, 1.54) is 167 Å². The third-order valence-electron chi connectivity index (χ3n) is 7.97. The van der Waals surface area contributed by atoms with E-state index in [2.05, 4.69) is 13.8 Å². The van der Waals surface area contributed by atoms with Gasteiger partial charge in [0, 0.05) is 18.5 Å². The van der Waals surface area contributed by atoms with Crippen LogP contribution in [0.5, 0.6) is 0 Å². The van der Waals surface area contributed by atoms with Gasteiger partial charge in [0.05, 0.1) is 0 Å². The molecule has 0 bridgehead atoms. The first kappa shape index (κ1) is 50.3. The van der Waals surface area contributed by atoms with Gasteiger partial charge in [-0.15, -0.1) is 0 Å². The number of hydrogen-bond donors (Lipinski definition) is 1. The van der Waals surface area contributed by atoms with Crippen LogP contribution in [-0.4, -0.2) is 23.7 Å². The molecule has 0 aliphatic rings. The smallest absolute Gasteiger partial charge is 0.550 e. The maximum Gasteiger partial charge on any atom is 2.00 e. The van der Waals surface area contributed by atoms with E-state index in [9.17, 15) is 19.8 Å². The number of carboxylic acid groups (broad SMARTS) is 2. The van der Waals surface area contributed by atoms with Crippen molar-refractivity contribution in [2.75, 3.05) is 6.61 Å². The van der Waals surface area contributed by atoms with E-state index in [1.807, 2.05) is 0 Å². The Morgan fingerprint density at radius 2 is 0.500 bits per heavy atom. The summed E-state index contributed by atoms with van der Waals surface area (Å²) >= 11 is 0. The molecule has 1 radical (unpaired) electrons. The summed E-state index contributed by atoms with van der Waals surface area (Å²) in [6.07, 6.45) is 39.7. The molecule has 0 rings (SSSR count). The van der Waals surface area contributed by atoms with Crippen LogP contribution in [0.3, 0.4) is 0 Å². The van der Waals surface area contributed by atoms with Crippen molar-refractivity contribution in [3.63, 3.8) is 0 Å². The second kappa shape index (κ2) is 49.3. The van der Waals surface area contributed by atoms with Crippen LogP contribution in [0.2, 0.25) is 0 Å². The average Bonchev–Trinajstić information content (AvgIpc) is 2.97. The van der Waals surface area contributed by atoms with Crippen LogP contribution in [0.25, 0.3) is 0 Å². The van der Waals surface area contributed by atoms with Gasteiger partial charge in [-0.2, -0.15) is 0 Å². The number of rotatable bonds is 32. The molecule has 44 heavy (non-hydrogen) atoms. The van der Waals surface area contributed by atoms with Crippen LogP contribution in [0, 0.1) is 0 Å². The Morgan fingerprint density at radius 1 is 0.364 bits per heavy atom. The van der Waals surface area contributed by atoms with Crippen LogP contribution < -0.4 is 10.2 Å². The topological polar surface area (TPSA) is 100 Å². The summed E-state index contributed by atoms with van der Waals surface area (Å²) in [4.78, 5) is 20.4. The zero-order valence-corrected chi connectivity index (χ0v) is 30.7. The number of aliphatic hydroxyl groups is 1. The number of hydrogen-bond acceptors (Lipinski definition) is 5. The summed E-state index contributed by atoms with van der Waals surface area (Å²) in [6.45, 7) is 6.47. The van der Waals surface area contributed by atoms with Gasteiger partial charge in [-0.3, -0.25) is 0 Å². The number of carboxylic acids is 2. The minimum absolute atomic E-state index is 0. The molecule has 0 aromatic carbocycles. The molecule has 0 unspecified atom stereocenters. The molecule has 0 aromatic heterocycles. The Hall–Kier alpha value is -0.581. The molecule has 0 saturated heterocycles. The molecule has 5 nitrogen and oxygen atoms in total. The second-order valence-corrected chi connectivity index (χ2v) is 12.5. The number of unbranched alkanes of at least 4 members (excludes halogenated alkanes) is 28. The molecule has 0 fully saturated rings. The fourth-order valence-electron chi connectivity index (χ4n) is 5.28. The summed E-state index contributed by atoms with van der Waals surface area (Å²) in [5.41, 5.74) is 0. The second-order valence-electron chi connectivity index (χ2n) is 12.5. The molecule has 0 heterocycles. The fourth-order valence-corrected chi connectivity index (χ4v) is 5.28. The van der Waals surface area contributed by atoms with Gasteiger partial charge in [0.2, 0.25) is 0 Å². The van der Waals surface area contributed by atoms with Crippen molar-refractivity contribution >= 4 is 11.9 Å².